The van der Waals surface area contributed by atoms with E-state index in [-0.39, 0.29) is 0 Å². The number of ketones is 1. The normalized spacial score (nSPS) is 24.4. The number of nitrogens with two attached hydrogens (primary N) is 1. The largest absolute Gasteiger partial charge is 0.330 e. The van der Waals surface area contributed by atoms with Gasteiger partial charge in [-0.05, 0) is 32.2 Å². The topological polar surface area (TPSA) is 43.1 Å². The summed E-state index contributed by atoms with van der Waals surface area (Å²) in [4.78, 5) is 11.4. The zero-order valence-corrected chi connectivity index (χ0v) is 7.72. The molecule has 0 amide bonds. The fourth-order valence-electron chi connectivity index (χ4n) is 1.90. The van der Waals surface area contributed by atoms with E-state index in [2.05, 4.69) is 0 Å². The van der Waals surface area contributed by atoms with Crippen LogP contribution in [0.15, 0.2) is 0 Å². The summed E-state index contributed by atoms with van der Waals surface area (Å²) in [6.07, 6.45) is 7.61. The van der Waals surface area contributed by atoms with Crippen LogP contribution in [0.5, 0.6) is 0 Å². The second-order valence-corrected chi connectivity index (χ2v) is 3.69. The lowest BCUT2D eigenvalue weighted by atomic mass is 9.84. The van der Waals surface area contributed by atoms with Gasteiger partial charge in [-0.1, -0.05) is 12.8 Å². The van der Waals surface area contributed by atoms with Gasteiger partial charge in [0.05, 0.1) is 0 Å². The van der Waals surface area contributed by atoms with E-state index in [0.29, 0.717) is 11.7 Å². The highest BCUT2D eigenvalue weighted by Crippen LogP contribution is 2.24. The number of hydrogen-bond acceptors (Lipinski definition) is 2. The lowest BCUT2D eigenvalue weighted by molar-refractivity contribution is -0.124. The van der Waals surface area contributed by atoms with Crippen molar-refractivity contribution in [2.45, 2.75) is 44.9 Å². The van der Waals surface area contributed by atoms with Gasteiger partial charge in [-0.25, -0.2) is 0 Å². The molecule has 2 N–H and O–H groups in total. The van der Waals surface area contributed by atoms with Gasteiger partial charge in [0, 0.05) is 12.3 Å². The maximum absolute atomic E-state index is 11.4. The minimum atomic E-state index is 0.380. The molecular formula is C10H19NO. The highest BCUT2D eigenvalue weighted by molar-refractivity contribution is 5.81. The number of Topliss-reactive ketones (excluding diaryl/α,β-unsaturated/α-hetero) is 1. The molecule has 1 fully saturated rings. The summed E-state index contributed by atoms with van der Waals surface area (Å²) >= 11 is 0. The monoisotopic (exact) mass is 169 g/mol. The molecule has 0 radical (unpaired) electrons. The maximum Gasteiger partial charge on any atom is 0.135 e. The summed E-state index contributed by atoms with van der Waals surface area (Å²) < 4.78 is 0. The van der Waals surface area contributed by atoms with Crippen LogP contribution in [0.1, 0.15) is 44.9 Å². The predicted octanol–water partition coefficient (Wildman–Crippen LogP) is 1.87. The molecule has 2 nitrogen and oxygen atoms in total. The number of hydrogen-bond donors (Lipinski definition) is 1. The summed E-state index contributed by atoms with van der Waals surface area (Å²) in [6, 6.07) is 0. The van der Waals surface area contributed by atoms with Crippen molar-refractivity contribution in [2.75, 3.05) is 6.54 Å². The van der Waals surface area contributed by atoms with Gasteiger partial charge in [-0.2, -0.15) is 0 Å². The number of carbonyl (C=O) groups is 1. The molecule has 2 heteroatoms. The van der Waals surface area contributed by atoms with Crippen LogP contribution < -0.4 is 5.73 Å². The van der Waals surface area contributed by atoms with E-state index in [1.165, 1.54) is 6.42 Å². The molecule has 12 heavy (non-hydrogen) atoms. The van der Waals surface area contributed by atoms with Crippen molar-refractivity contribution in [1.82, 2.24) is 0 Å². The molecular weight excluding hydrogens is 150 g/mol. The second kappa shape index (κ2) is 5.31. The number of rotatable bonds is 4. The predicted molar refractivity (Wildman–Crippen MR) is 49.9 cm³/mol. The van der Waals surface area contributed by atoms with Crippen LogP contribution in [-0.4, -0.2) is 12.3 Å². The fourth-order valence-corrected chi connectivity index (χ4v) is 1.90. The summed E-state index contributed by atoms with van der Waals surface area (Å²) in [5, 5.41) is 0. The quantitative estimate of drug-likeness (QED) is 0.653. The second-order valence-electron chi connectivity index (χ2n) is 3.69. The molecule has 0 aromatic heterocycles. The highest BCUT2D eigenvalue weighted by Gasteiger charge is 2.20. The Morgan fingerprint density at radius 3 is 2.83 bits per heavy atom. The van der Waals surface area contributed by atoms with Gasteiger partial charge in [0.15, 0.2) is 0 Å². The van der Waals surface area contributed by atoms with Crippen LogP contribution in [-0.2, 0) is 4.79 Å². The van der Waals surface area contributed by atoms with Gasteiger partial charge in [0.25, 0.3) is 0 Å². The Hall–Kier alpha value is -0.370. The first-order valence-electron chi connectivity index (χ1n) is 5.07. The van der Waals surface area contributed by atoms with Crippen LogP contribution in [0.25, 0.3) is 0 Å². The minimum Gasteiger partial charge on any atom is -0.330 e. The molecule has 0 spiro atoms. The molecule has 1 aliphatic rings. The van der Waals surface area contributed by atoms with E-state index in [9.17, 15) is 4.79 Å². The third kappa shape index (κ3) is 2.94. The molecule has 0 aromatic rings. The summed E-state index contributed by atoms with van der Waals surface area (Å²) in [5.41, 5.74) is 5.39. The molecule has 70 valence electrons. The molecule has 1 rings (SSSR count). The SMILES string of the molecule is NCCCCC1CCCCC1=O. The molecule has 1 aliphatic carbocycles. The van der Waals surface area contributed by atoms with Crippen molar-refractivity contribution in [3.05, 3.63) is 0 Å². The lowest BCUT2D eigenvalue weighted by Gasteiger charge is -2.19. The molecule has 0 bridgehead atoms. The minimum absolute atomic E-state index is 0.380. The van der Waals surface area contributed by atoms with Crippen molar-refractivity contribution < 1.29 is 4.79 Å². The zero-order chi connectivity index (χ0) is 8.81. The Bertz CT molecular complexity index is 145. The number of unbranched alkanes of at least 4 members (excludes halogenated alkanes) is 1. The Balaban J connectivity index is 2.16. The Labute approximate surface area is 74.5 Å². The van der Waals surface area contributed by atoms with E-state index in [1.54, 1.807) is 0 Å². The van der Waals surface area contributed by atoms with Crippen molar-refractivity contribution in [3.8, 4) is 0 Å². The van der Waals surface area contributed by atoms with E-state index in [1.807, 2.05) is 0 Å². The summed E-state index contributed by atoms with van der Waals surface area (Å²) in [7, 11) is 0. The van der Waals surface area contributed by atoms with Crippen LogP contribution in [0.2, 0.25) is 0 Å². The third-order valence-electron chi connectivity index (χ3n) is 2.69. The third-order valence-corrected chi connectivity index (χ3v) is 2.69. The first-order valence-corrected chi connectivity index (χ1v) is 5.07. The van der Waals surface area contributed by atoms with Gasteiger partial charge < -0.3 is 5.73 Å². The standard InChI is InChI=1S/C10H19NO/c11-8-4-3-6-9-5-1-2-7-10(9)12/h9H,1-8,11H2. The summed E-state index contributed by atoms with van der Waals surface area (Å²) in [5.74, 6) is 0.878. The average molecular weight is 169 g/mol. The first-order chi connectivity index (χ1) is 5.84. The van der Waals surface area contributed by atoms with E-state index >= 15 is 0 Å². The van der Waals surface area contributed by atoms with Gasteiger partial charge in [-0.3, -0.25) is 4.79 Å². The maximum atomic E-state index is 11.4. The van der Waals surface area contributed by atoms with Crippen molar-refractivity contribution in [2.24, 2.45) is 11.7 Å². The average Bonchev–Trinajstić information content (AvgIpc) is 2.09. The molecule has 1 unspecified atom stereocenters. The van der Waals surface area contributed by atoms with Crippen molar-refractivity contribution >= 4 is 5.78 Å². The summed E-state index contributed by atoms with van der Waals surface area (Å²) in [6.45, 7) is 0.765. The lowest BCUT2D eigenvalue weighted by Crippen LogP contribution is -2.19. The van der Waals surface area contributed by atoms with Crippen LogP contribution in [0.4, 0.5) is 0 Å². The molecule has 1 saturated carbocycles. The van der Waals surface area contributed by atoms with Gasteiger partial charge in [0.2, 0.25) is 0 Å². The van der Waals surface area contributed by atoms with E-state index in [4.69, 9.17) is 5.73 Å². The highest BCUT2D eigenvalue weighted by atomic mass is 16.1. The van der Waals surface area contributed by atoms with Gasteiger partial charge in [-0.15, -0.1) is 0 Å². The molecule has 0 saturated heterocycles. The zero-order valence-electron chi connectivity index (χ0n) is 7.72. The molecule has 0 aromatic carbocycles. The first kappa shape index (κ1) is 9.72. The number of carbonyl (C=O) groups excluding carboxylic acids is 1. The van der Waals surface area contributed by atoms with Gasteiger partial charge in [0.1, 0.15) is 5.78 Å². The Morgan fingerprint density at radius 2 is 2.17 bits per heavy atom. The Kier molecular flexibility index (Phi) is 4.30. The van der Waals surface area contributed by atoms with Crippen molar-refractivity contribution in [1.29, 1.82) is 0 Å². The molecule has 0 heterocycles. The van der Waals surface area contributed by atoms with Crippen molar-refractivity contribution in [3.63, 3.8) is 0 Å². The Morgan fingerprint density at radius 1 is 1.33 bits per heavy atom. The molecule has 1 atom stereocenters. The smallest absolute Gasteiger partial charge is 0.135 e. The van der Waals surface area contributed by atoms with E-state index < -0.39 is 0 Å². The van der Waals surface area contributed by atoms with Crippen LogP contribution >= 0.6 is 0 Å². The van der Waals surface area contributed by atoms with Crippen LogP contribution in [0.3, 0.4) is 0 Å². The van der Waals surface area contributed by atoms with E-state index in [0.717, 1.165) is 45.1 Å². The molecule has 0 aliphatic heterocycles. The fraction of sp³-hybridized carbons (Fsp3) is 0.900. The van der Waals surface area contributed by atoms with Gasteiger partial charge >= 0.3 is 0 Å². The van der Waals surface area contributed by atoms with Crippen LogP contribution in [0, 0.1) is 5.92 Å².